The zero-order chi connectivity index (χ0) is 12.3. The normalized spacial score (nSPS) is 10.2. The van der Waals surface area contributed by atoms with Crippen molar-refractivity contribution in [2.24, 2.45) is 0 Å². The lowest BCUT2D eigenvalue weighted by Crippen LogP contribution is -2.13. The fourth-order valence-electron chi connectivity index (χ4n) is 1.45. The number of nitrogens with two attached hydrogens (primary N) is 1. The SMILES string of the molecule is CCC(=O)Nc1ccnn1-c1ccc(N)cc1. The molecule has 2 aromatic rings. The summed E-state index contributed by atoms with van der Waals surface area (Å²) < 4.78 is 1.66. The minimum absolute atomic E-state index is 0.0396. The number of carbonyl (C=O) groups excluding carboxylic acids is 1. The van der Waals surface area contributed by atoms with Crippen molar-refractivity contribution in [2.75, 3.05) is 11.1 Å². The van der Waals surface area contributed by atoms with Crippen LogP contribution in [-0.4, -0.2) is 15.7 Å². The number of hydrogen-bond acceptors (Lipinski definition) is 3. The maximum atomic E-state index is 11.3. The van der Waals surface area contributed by atoms with Crippen molar-refractivity contribution in [2.45, 2.75) is 13.3 Å². The Morgan fingerprint density at radius 3 is 2.71 bits per heavy atom. The Kier molecular flexibility index (Phi) is 3.09. The molecule has 0 unspecified atom stereocenters. The van der Waals surface area contributed by atoms with Crippen molar-refractivity contribution < 1.29 is 4.79 Å². The van der Waals surface area contributed by atoms with Gasteiger partial charge in [0.2, 0.25) is 5.91 Å². The monoisotopic (exact) mass is 230 g/mol. The van der Waals surface area contributed by atoms with Gasteiger partial charge in [-0.2, -0.15) is 5.10 Å². The van der Waals surface area contributed by atoms with Crippen LogP contribution in [0.25, 0.3) is 5.69 Å². The van der Waals surface area contributed by atoms with Crippen molar-refractivity contribution in [3.63, 3.8) is 0 Å². The smallest absolute Gasteiger partial charge is 0.225 e. The molecule has 0 fully saturated rings. The van der Waals surface area contributed by atoms with E-state index in [0.717, 1.165) is 5.69 Å². The van der Waals surface area contributed by atoms with E-state index in [4.69, 9.17) is 5.73 Å². The standard InChI is InChI=1S/C12H14N4O/c1-2-12(17)15-11-7-8-14-16(11)10-5-3-9(13)4-6-10/h3-8H,2,13H2,1H3,(H,15,17). The Bertz CT molecular complexity index is 516. The lowest BCUT2D eigenvalue weighted by atomic mass is 10.3. The van der Waals surface area contributed by atoms with Gasteiger partial charge in [-0.15, -0.1) is 0 Å². The van der Waals surface area contributed by atoms with Crippen LogP contribution in [0, 0.1) is 0 Å². The Hall–Kier alpha value is -2.30. The maximum Gasteiger partial charge on any atom is 0.225 e. The highest BCUT2D eigenvalue weighted by atomic mass is 16.1. The molecular formula is C12H14N4O. The summed E-state index contributed by atoms with van der Waals surface area (Å²) in [6, 6.07) is 9.04. The number of nitrogens with one attached hydrogen (secondary N) is 1. The molecule has 0 aliphatic rings. The van der Waals surface area contributed by atoms with Crippen LogP contribution in [0.3, 0.4) is 0 Å². The Morgan fingerprint density at radius 1 is 1.35 bits per heavy atom. The van der Waals surface area contributed by atoms with E-state index >= 15 is 0 Å². The molecule has 5 heteroatoms. The quantitative estimate of drug-likeness (QED) is 0.790. The van der Waals surface area contributed by atoms with Crippen molar-refractivity contribution in [3.05, 3.63) is 36.5 Å². The van der Waals surface area contributed by atoms with Crippen LogP contribution in [0.2, 0.25) is 0 Å². The van der Waals surface area contributed by atoms with Crippen LogP contribution in [-0.2, 0) is 4.79 Å². The van der Waals surface area contributed by atoms with Gasteiger partial charge in [0.25, 0.3) is 0 Å². The van der Waals surface area contributed by atoms with E-state index in [1.54, 1.807) is 36.0 Å². The highest BCUT2D eigenvalue weighted by Crippen LogP contribution is 2.16. The van der Waals surface area contributed by atoms with Gasteiger partial charge in [-0.25, -0.2) is 4.68 Å². The summed E-state index contributed by atoms with van der Waals surface area (Å²) in [7, 11) is 0. The van der Waals surface area contributed by atoms with Gasteiger partial charge in [0.15, 0.2) is 0 Å². The second kappa shape index (κ2) is 4.69. The molecule has 88 valence electrons. The van der Waals surface area contributed by atoms with E-state index in [1.165, 1.54) is 0 Å². The molecule has 0 aliphatic carbocycles. The van der Waals surface area contributed by atoms with Crippen LogP contribution in [0.5, 0.6) is 0 Å². The molecule has 0 bridgehead atoms. The first-order valence-corrected chi connectivity index (χ1v) is 5.40. The summed E-state index contributed by atoms with van der Waals surface area (Å²) in [6.07, 6.45) is 2.08. The van der Waals surface area contributed by atoms with Crippen LogP contribution in [0.15, 0.2) is 36.5 Å². The third kappa shape index (κ3) is 2.44. The Labute approximate surface area is 99.2 Å². The van der Waals surface area contributed by atoms with Gasteiger partial charge >= 0.3 is 0 Å². The summed E-state index contributed by atoms with van der Waals surface area (Å²) in [6.45, 7) is 1.80. The number of rotatable bonds is 3. The van der Waals surface area contributed by atoms with E-state index in [1.807, 2.05) is 12.1 Å². The average molecular weight is 230 g/mol. The zero-order valence-electron chi connectivity index (χ0n) is 9.55. The number of nitrogen functional groups attached to an aromatic ring is 1. The molecule has 0 saturated carbocycles. The first-order chi connectivity index (χ1) is 8.20. The van der Waals surface area contributed by atoms with Crippen molar-refractivity contribution in [1.82, 2.24) is 9.78 Å². The van der Waals surface area contributed by atoms with Gasteiger partial charge in [0, 0.05) is 18.2 Å². The summed E-state index contributed by atoms with van der Waals surface area (Å²) in [5.74, 6) is 0.615. The molecule has 3 N–H and O–H groups in total. The molecule has 1 aromatic heterocycles. The van der Waals surface area contributed by atoms with E-state index in [9.17, 15) is 4.79 Å². The number of benzene rings is 1. The summed E-state index contributed by atoms with van der Waals surface area (Å²) in [5, 5.41) is 6.95. The van der Waals surface area contributed by atoms with Gasteiger partial charge in [-0.3, -0.25) is 4.79 Å². The summed E-state index contributed by atoms with van der Waals surface area (Å²) in [5.41, 5.74) is 7.17. The molecule has 1 aromatic carbocycles. The number of amides is 1. The molecule has 0 aliphatic heterocycles. The van der Waals surface area contributed by atoms with E-state index in [0.29, 0.717) is 17.9 Å². The topological polar surface area (TPSA) is 72.9 Å². The highest BCUT2D eigenvalue weighted by molar-refractivity contribution is 5.89. The largest absolute Gasteiger partial charge is 0.399 e. The first kappa shape index (κ1) is 11.2. The van der Waals surface area contributed by atoms with Crippen LogP contribution in [0.1, 0.15) is 13.3 Å². The molecule has 1 heterocycles. The molecule has 0 atom stereocenters. The number of aromatic nitrogens is 2. The van der Waals surface area contributed by atoms with E-state index in [2.05, 4.69) is 10.4 Å². The van der Waals surface area contributed by atoms with Gasteiger partial charge in [0.1, 0.15) is 5.82 Å². The van der Waals surface area contributed by atoms with Crippen molar-refractivity contribution in [1.29, 1.82) is 0 Å². The Balaban J connectivity index is 2.30. The maximum absolute atomic E-state index is 11.3. The Morgan fingerprint density at radius 2 is 2.06 bits per heavy atom. The molecule has 5 nitrogen and oxygen atoms in total. The minimum Gasteiger partial charge on any atom is -0.399 e. The average Bonchev–Trinajstić information content (AvgIpc) is 2.78. The van der Waals surface area contributed by atoms with E-state index in [-0.39, 0.29) is 5.91 Å². The van der Waals surface area contributed by atoms with Crippen molar-refractivity contribution in [3.8, 4) is 5.69 Å². The highest BCUT2D eigenvalue weighted by Gasteiger charge is 2.06. The third-order valence-electron chi connectivity index (χ3n) is 2.37. The predicted molar refractivity (Wildman–Crippen MR) is 66.9 cm³/mol. The van der Waals surface area contributed by atoms with Crippen LogP contribution in [0.4, 0.5) is 11.5 Å². The molecule has 0 saturated heterocycles. The summed E-state index contributed by atoms with van der Waals surface area (Å²) in [4.78, 5) is 11.3. The zero-order valence-corrected chi connectivity index (χ0v) is 9.55. The van der Waals surface area contributed by atoms with Gasteiger partial charge in [0.05, 0.1) is 11.9 Å². The van der Waals surface area contributed by atoms with E-state index < -0.39 is 0 Å². The van der Waals surface area contributed by atoms with Crippen molar-refractivity contribution >= 4 is 17.4 Å². The minimum atomic E-state index is -0.0396. The molecule has 0 spiro atoms. The lowest BCUT2D eigenvalue weighted by molar-refractivity contribution is -0.115. The molecule has 17 heavy (non-hydrogen) atoms. The second-order valence-corrected chi connectivity index (χ2v) is 3.62. The molecule has 2 rings (SSSR count). The fourth-order valence-corrected chi connectivity index (χ4v) is 1.45. The number of carbonyl (C=O) groups is 1. The summed E-state index contributed by atoms with van der Waals surface area (Å²) >= 11 is 0. The van der Waals surface area contributed by atoms with Gasteiger partial charge in [-0.05, 0) is 24.3 Å². The number of hydrogen-bond donors (Lipinski definition) is 2. The van der Waals surface area contributed by atoms with Gasteiger partial charge in [-0.1, -0.05) is 6.92 Å². The molecule has 0 radical (unpaired) electrons. The molecule has 1 amide bonds. The predicted octanol–water partition coefficient (Wildman–Crippen LogP) is 1.80. The van der Waals surface area contributed by atoms with Crippen LogP contribution >= 0.6 is 0 Å². The second-order valence-electron chi connectivity index (χ2n) is 3.62. The fraction of sp³-hybridized carbons (Fsp3) is 0.167. The number of nitrogens with zero attached hydrogens (tertiary/aromatic N) is 2. The molecular weight excluding hydrogens is 216 g/mol. The first-order valence-electron chi connectivity index (χ1n) is 5.40. The third-order valence-corrected chi connectivity index (χ3v) is 2.37. The van der Waals surface area contributed by atoms with Crippen LogP contribution < -0.4 is 11.1 Å². The lowest BCUT2D eigenvalue weighted by Gasteiger charge is -2.08. The van der Waals surface area contributed by atoms with Gasteiger partial charge < -0.3 is 11.1 Å². The number of anilines is 2.